The first kappa shape index (κ1) is 30.8. The first-order valence-electron chi connectivity index (χ1n) is 11.7. The van der Waals surface area contributed by atoms with Gasteiger partial charge in [0.2, 0.25) is 5.91 Å². The second-order valence-electron chi connectivity index (χ2n) is 8.03. The van der Waals surface area contributed by atoms with Crippen LogP contribution in [0.4, 0.5) is 0 Å². The summed E-state index contributed by atoms with van der Waals surface area (Å²) < 4.78 is 17.6. The largest absolute Gasteiger partial charge is 0.378 e. The zero-order valence-electron chi connectivity index (χ0n) is 20.6. The Kier molecular flexibility index (Phi) is 20.9. The topological polar surface area (TPSA) is 95.5 Å². The SMILES string of the molecule is CCC(C)COCC(COCC(C)CC)OCCCSCCC(=O)NCO/N=C\C(C)=O. The minimum absolute atomic E-state index is 0.0410. The summed E-state index contributed by atoms with van der Waals surface area (Å²) in [5, 5.41) is 6.01. The van der Waals surface area contributed by atoms with Crippen LogP contribution in [0, 0.1) is 11.8 Å². The molecule has 0 radical (unpaired) electrons. The molecule has 1 N–H and O–H groups in total. The van der Waals surface area contributed by atoms with Gasteiger partial charge in [-0.25, -0.2) is 0 Å². The van der Waals surface area contributed by atoms with Gasteiger partial charge in [-0.2, -0.15) is 11.8 Å². The van der Waals surface area contributed by atoms with E-state index < -0.39 is 0 Å². The third-order valence-corrected chi connectivity index (χ3v) is 5.78. The highest BCUT2D eigenvalue weighted by Crippen LogP contribution is 2.08. The maximum absolute atomic E-state index is 11.7. The second-order valence-corrected chi connectivity index (χ2v) is 9.25. The van der Waals surface area contributed by atoms with Crippen LogP contribution in [0.3, 0.4) is 0 Å². The number of thioether (sulfide) groups is 1. The van der Waals surface area contributed by atoms with E-state index in [0.29, 0.717) is 38.1 Å². The van der Waals surface area contributed by atoms with Gasteiger partial charge < -0.3 is 24.4 Å². The number of carbonyl (C=O) groups excluding carboxylic acids is 2. The van der Waals surface area contributed by atoms with Gasteiger partial charge in [0, 0.05) is 38.9 Å². The smallest absolute Gasteiger partial charge is 0.223 e. The predicted octanol–water partition coefficient (Wildman–Crippen LogP) is 3.68. The summed E-state index contributed by atoms with van der Waals surface area (Å²) in [7, 11) is 0. The number of Topliss-reactive ketones (excluding diaryl/α,β-unsaturated/α-hetero) is 1. The quantitative estimate of drug-likeness (QED) is 0.110. The van der Waals surface area contributed by atoms with Crippen molar-refractivity contribution >= 4 is 29.7 Å². The number of hydrogen-bond donors (Lipinski definition) is 1. The van der Waals surface area contributed by atoms with Crippen LogP contribution in [0.15, 0.2) is 5.16 Å². The molecule has 0 aromatic carbocycles. The van der Waals surface area contributed by atoms with Gasteiger partial charge >= 0.3 is 0 Å². The molecule has 0 aliphatic rings. The fraction of sp³-hybridized carbons (Fsp3) is 0.870. The van der Waals surface area contributed by atoms with E-state index in [-0.39, 0.29) is 24.5 Å². The van der Waals surface area contributed by atoms with Crippen molar-refractivity contribution in [3.8, 4) is 0 Å². The predicted molar refractivity (Wildman–Crippen MR) is 130 cm³/mol. The summed E-state index contributed by atoms with van der Waals surface area (Å²) in [6, 6.07) is 0. The molecule has 0 bridgehead atoms. The van der Waals surface area contributed by atoms with Crippen LogP contribution in [0.25, 0.3) is 0 Å². The Balaban J connectivity index is 3.89. The van der Waals surface area contributed by atoms with E-state index in [1.54, 1.807) is 11.8 Å². The van der Waals surface area contributed by atoms with Crippen LogP contribution < -0.4 is 5.32 Å². The lowest BCUT2D eigenvalue weighted by molar-refractivity contribution is -0.122. The van der Waals surface area contributed by atoms with Gasteiger partial charge in [-0.05, 0) is 24.0 Å². The minimum Gasteiger partial charge on any atom is -0.378 e. The van der Waals surface area contributed by atoms with Crippen molar-refractivity contribution in [2.24, 2.45) is 17.0 Å². The van der Waals surface area contributed by atoms with E-state index in [0.717, 1.165) is 50.2 Å². The number of rotatable bonds is 22. The fourth-order valence-corrected chi connectivity index (χ4v) is 3.07. The van der Waals surface area contributed by atoms with Gasteiger partial charge in [0.15, 0.2) is 12.5 Å². The van der Waals surface area contributed by atoms with Crippen LogP contribution in [0.2, 0.25) is 0 Å². The number of nitrogens with zero attached hydrogens (tertiary/aromatic N) is 1. The standard InChI is InChI=1S/C23H44N2O6S/c1-6-19(3)14-28-16-22(17-29-15-20(4)7-2)30-10-8-11-32-12-9-23(27)24-18-31-25-13-21(5)26/h13,19-20,22H,6-12,14-18H2,1-5H3,(H,24,27)/b25-13-. The summed E-state index contributed by atoms with van der Waals surface area (Å²) in [5.41, 5.74) is 0. The Morgan fingerprint density at radius 3 is 2.19 bits per heavy atom. The van der Waals surface area contributed by atoms with Crippen LogP contribution in [-0.4, -0.2) is 75.3 Å². The highest BCUT2D eigenvalue weighted by molar-refractivity contribution is 7.99. The highest BCUT2D eigenvalue weighted by Gasteiger charge is 2.12. The fourth-order valence-electron chi connectivity index (χ4n) is 2.21. The van der Waals surface area contributed by atoms with E-state index in [1.807, 2.05) is 0 Å². The molecule has 0 aliphatic carbocycles. The average molecular weight is 477 g/mol. The molecule has 0 spiro atoms. The second kappa shape index (κ2) is 21.7. The average Bonchev–Trinajstić information content (AvgIpc) is 2.77. The van der Waals surface area contributed by atoms with Gasteiger partial charge in [0.05, 0.1) is 13.2 Å². The van der Waals surface area contributed by atoms with E-state index in [9.17, 15) is 9.59 Å². The van der Waals surface area contributed by atoms with E-state index in [2.05, 4.69) is 38.2 Å². The van der Waals surface area contributed by atoms with Crippen molar-refractivity contribution < 1.29 is 28.6 Å². The van der Waals surface area contributed by atoms with Crippen molar-refractivity contribution in [3.63, 3.8) is 0 Å². The molecule has 2 unspecified atom stereocenters. The summed E-state index contributed by atoms with van der Waals surface area (Å²) in [6.07, 6.45) is 4.52. The molecule has 0 heterocycles. The van der Waals surface area contributed by atoms with Gasteiger partial charge in [-0.1, -0.05) is 45.7 Å². The normalized spacial score (nSPS) is 14.3. The molecule has 0 fully saturated rings. The molecule has 0 rings (SSSR count). The van der Waals surface area contributed by atoms with Gasteiger partial charge in [0.25, 0.3) is 0 Å². The highest BCUT2D eigenvalue weighted by atomic mass is 32.2. The van der Waals surface area contributed by atoms with Gasteiger partial charge in [-0.15, -0.1) is 0 Å². The van der Waals surface area contributed by atoms with Crippen LogP contribution in [0.5, 0.6) is 0 Å². The molecule has 1 amide bonds. The summed E-state index contributed by atoms with van der Waals surface area (Å²) in [4.78, 5) is 27.1. The lowest BCUT2D eigenvalue weighted by atomic mass is 10.1. The molecular formula is C23H44N2O6S. The Morgan fingerprint density at radius 1 is 1.00 bits per heavy atom. The molecular weight excluding hydrogens is 432 g/mol. The Labute approximate surface area is 198 Å². The maximum atomic E-state index is 11.7. The van der Waals surface area contributed by atoms with Gasteiger partial charge in [-0.3, -0.25) is 9.59 Å². The van der Waals surface area contributed by atoms with Crippen molar-refractivity contribution in [1.29, 1.82) is 0 Å². The molecule has 9 heteroatoms. The van der Waals surface area contributed by atoms with Crippen molar-refractivity contribution in [2.45, 2.75) is 66.4 Å². The van der Waals surface area contributed by atoms with Crippen molar-refractivity contribution in [1.82, 2.24) is 5.32 Å². The molecule has 0 aromatic heterocycles. The van der Waals surface area contributed by atoms with E-state index in [4.69, 9.17) is 19.0 Å². The summed E-state index contributed by atoms with van der Waals surface area (Å²) >= 11 is 1.71. The maximum Gasteiger partial charge on any atom is 0.223 e. The van der Waals surface area contributed by atoms with Crippen LogP contribution in [-0.2, 0) is 28.6 Å². The Bertz CT molecular complexity index is 491. The molecule has 8 nitrogen and oxygen atoms in total. The molecule has 188 valence electrons. The Hall–Kier alpha value is -1.16. The van der Waals surface area contributed by atoms with Crippen LogP contribution in [0.1, 0.15) is 60.3 Å². The number of nitrogens with one attached hydrogen (secondary N) is 1. The molecule has 32 heavy (non-hydrogen) atoms. The Morgan fingerprint density at radius 2 is 1.62 bits per heavy atom. The number of ketones is 1. The first-order valence-corrected chi connectivity index (χ1v) is 12.8. The lowest BCUT2D eigenvalue weighted by Gasteiger charge is -2.20. The first-order chi connectivity index (χ1) is 15.4. The summed E-state index contributed by atoms with van der Waals surface area (Å²) in [6.45, 7) is 13.3. The van der Waals surface area contributed by atoms with Gasteiger partial charge in [0.1, 0.15) is 12.3 Å². The molecule has 0 aliphatic heterocycles. The third-order valence-electron chi connectivity index (χ3n) is 4.71. The molecule has 0 saturated carbocycles. The molecule has 0 saturated heterocycles. The minimum atomic E-state index is -0.208. The van der Waals surface area contributed by atoms with Crippen LogP contribution >= 0.6 is 11.8 Å². The zero-order valence-corrected chi connectivity index (χ0v) is 21.4. The number of amides is 1. The molecule has 0 aromatic rings. The number of oxime groups is 1. The van der Waals surface area contributed by atoms with Crippen molar-refractivity contribution in [3.05, 3.63) is 0 Å². The lowest BCUT2D eigenvalue weighted by Crippen LogP contribution is -2.28. The third kappa shape index (κ3) is 20.7. The van der Waals surface area contributed by atoms with E-state index in [1.165, 1.54) is 6.92 Å². The number of carbonyl (C=O) groups is 2. The molecule has 2 atom stereocenters. The van der Waals surface area contributed by atoms with Crippen molar-refractivity contribution in [2.75, 3.05) is 51.3 Å². The number of ether oxygens (including phenoxy) is 3. The zero-order chi connectivity index (χ0) is 24.0. The monoisotopic (exact) mass is 476 g/mol. The van der Waals surface area contributed by atoms with E-state index >= 15 is 0 Å². The number of hydrogen-bond acceptors (Lipinski definition) is 8. The summed E-state index contributed by atoms with van der Waals surface area (Å²) in [5.74, 6) is 2.42.